The van der Waals surface area contributed by atoms with Crippen LogP contribution >= 0.6 is 0 Å². The third-order valence-corrected chi connectivity index (χ3v) is 9.36. The average Bonchev–Trinajstić information content (AvgIpc) is 2.95. The SMILES string of the molecule is Cc1cnc(C)c([C@H](CCN2CCCCC2)CCN(C)[C@H](C(=O)O)c2cccc(C)c2C2CCC(OC(C)(F)F)CC2)n1. The summed E-state index contributed by atoms with van der Waals surface area (Å²) < 4.78 is 31.9. The molecule has 0 bridgehead atoms. The normalized spacial score (nSPS) is 21.6. The molecular formula is C34H50F2N4O3. The molecule has 0 radical (unpaired) electrons. The molecule has 1 aliphatic heterocycles. The molecule has 1 aliphatic carbocycles. The first-order chi connectivity index (χ1) is 20.4. The van der Waals surface area contributed by atoms with Crippen LogP contribution in [-0.4, -0.2) is 76.3 Å². The minimum absolute atomic E-state index is 0.110. The number of alkyl halides is 2. The fourth-order valence-corrected chi connectivity index (χ4v) is 7.19. The van der Waals surface area contributed by atoms with Gasteiger partial charge in [0.2, 0.25) is 0 Å². The molecule has 0 amide bonds. The highest BCUT2D eigenvalue weighted by atomic mass is 19.3. The number of aromatic nitrogens is 2. The highest BCUT2D eigenvalue weighted by Gasteiger charge is 2.35. The van der Waals surface area contributed by atoms with Crippen molar-refractivity contribution in [1.29, 1.82) is 0 Å². The summed E-state index contributed by atoms with van der Waals surface area (Å²) in [5.74, 6) is -0.595. The van der Waals surface area contributed by atoms with Gasteiger partial charge in [0.25, 0.3) is 0 Å². The van der Waals surface area contributed by atoms with Gasteiger partial charge in [-0.25, -0.2) is 0 Å². The van der Waals surface area contributed by atoms with Crippen molar-refractivity contribution >= 4 is 5.97 Å². The van der Waals surface area contributed by atoms with E-state index >= 15 is 0 Å². The molecular weight excluding hydrogens is 550 g/mol. The van der Waals surface area contributed by atoms with Crippen LogP contribution in [0.3, 0.4) is 0 Å². The summed E-state index contributed by atoms with van der Waals surface area (Å²) >= 11 is 0. The quantitative estimate of drug-likeness (QED) is 0.261. The fraction of sp³-hybridized carbons (Fsp3) is 0.676. The van der Waals surface area contributed by atoms with Crippen LogP contribution in [0.15, 0.2) is 24.4 Å². The Morgan fingerprint density at radius 2 is 1.81 bits per heavy atom. The summed E-state index contributed by atoms with van der Waals surface area (Å²) in [5.41, 5.74) is 5.75. The van der Waals surface area contributed by atoms with Crippen LogP contribution in [0, 0.1) is 20.8 Å². The number of carboxylic acid groups (broad SMARTS) is 1. The van der Waals surface area contributed by atoms with Gasteiger partial charge in [-0.15, -0.1) is 0 Å². The number of likely N-dealkylation sites (N-methyl/N-ethyl adjacent to an activating group) is 1. The molecule has 1 saturated heterocycles. The van der Waals surface area contributed by atoms with Crippen molar-refractivity contribution < 1.29 is 23.4 Å². The molecule has 2 heterocycles. The number of hydrogen-bond acceptors (Lipinski definition) is 6. The number of ether oxygens (including phenoxy) is 1. The van der Waals surface area contributed by atoms with Crippen molar-refractivity contribution in [1.82, 2.24) is 19.8 Å². The summed E-state index contributed by atoms with van der Waals surface area (Å²) in [5, 5.41) is 10.5. The molecule has 43 heavy (non-hydrogen) atoms. The molecule has 2 atom stereocenters. The summed E-state index contributed by atoms with van der Waals surface area (Å²) in [6.07, 6.45) is 6.17. The molecule has 7 nitrogen and oxygen atoms in total. The molecule has 2 fully saturated rings. The first kappa shape index (κ1) is 33.4. The average molecular weight is 601 g/mol. The van der Waals surface area contributed by atoms with Crippen LogP contribution in [0.1, 0.15) is 116 Å². The number of rotatable bonds is 13. The zero-order chi connectivity index (χ0) is 31.1. The van der Waals surface area contributed by atoms with Crippen molar-refractivity contribution in [3.63, 3.8) is 0 Å². The monoisotopic (exact) mass is 600 g/mol. The van der Waals surface area contributed by atoms with Crippen LogP contribution in [0.25, 0.3) is 0 Å². The second-order valence-corrected chi connectivity index (χ2v) is 12.9. The lowest BCUT2D eigenvalue weighted by Gasteiger charge is -2.35. The molecule has 2 aromatic rings. The Labute approximate surface area is 256 Å². The minimum Gasteiger partial charge on any atom is -0.480 e. The standard InChI is InChI=1S/C34H50F2N4O3/c1-23-10-9-11-29(30(23)26-12-14-28(15-13-26)43-34(4,35)36)32(33(41)42)39(5)20-16-27(17-21-40-18-7-6-8-19-40)31-25(3)37-22-24(2)38-31/h9-11,22,26-28,32H,6-8,12-21H2,1-5H3,(H,41,42)/t26?,27-,28?,32-/m0/s1. The Morgan fingerprint density at radius 1 is 1.12 bits per heavy atom. The molecule has 1 aromatic carbocycles. The van der Waals surface area contributed by atoms with Gasteiger partial charge in [0, 0.05) is 19.0 Å². The number of aliphatic carboxylic acids is 1. The molecule has 2 aliphatic rings. The van der Waals surface area contributed by atoms with E-state index in [1.54, 1.807) is 6.20 Å². The lowest BCUT2D eigenvalue weighted by molar-refractivity contribution is -0.254. The first-order valence-corrected chi connectivity index (χ1v) is 16.0. The van der Waals surface area contributed by atoms with Crippen molar-refractivity contribution in [2.45, 2.75) is 116 Å². The number of likely N-dealkylation sites (tertiary alicyclic amines) is 1. The third kappa shape index (κ3) is 9.25. The number of carboxylic acids is 1. The molecule has 1 N–H and O–H groups in total. The summed E-state index contributed by atoms with van der Waals surface area (Å²) in [7, 11) is 1.90. The van der Waals surface area contributed by atoms with Gasteiger partial charge < -0.3 is 14.7 Å². The number of piperidine rings is 1. The van der Waals surface area contributed by atoms with Gasteiger partial charge in [0.05, 0.1) is 23.2 Å². The second kappa shape index (κ2) is 15.0. The van der Waals surface area contributed by atoms with Gasteiger partial charge in [0.1, 0.15) is 6.04 Å². The van der Waals surface area contributed by atoms with Crippen molar-refractivity contribution in [2.75, 3.05) is 33.2 Å². The van der Waals surface area contributed by atoms with E-state index in [9.17, 15) is 18.7 Å². The molecule has 238 valence electrons. The van der Waals surface area contributed by atoms with E-state index in [-0.39, 0.29) is 11.8 Å². The van der Waals surface area contributed by atoms with Crippen LogP contribution in [0.4, 0.5) is 8.78 Å². The number of nitrogens with zero attached hydrogens (tertiary/aromatic N) is 4. The van der Waals surface area contributed by atoms with E-state index in [1.807, 2.05) is 50.9 Å². The third-order valence-electron chi connectivity index (χ3n) is 9.36. The van der Waals surface area contributed by atoms with E-state index in [2.05, 4.69) is 9.88 Å². The van der Waals surface area contributed by atoms with E-state index in [1.165, 1.54) is 19.3 Å². The Balaban J connectivity index is 1.51. The van der Waals surface area contributed by atoms with Crippen molar-refractivity contribution in [2.24, 2.45) is 0 Å². The minimum atomic E-state index is -3.14. The van der Waals surface area contributed by atoms with E-state index in [0.29, 0.717) is 32.2 Å². The zero-order valence-corrected chi connectivity index (χ0v) is 26.6. The van der Waals surface area contributed by atoms with Crippen LogP contribution in [0.2, 0.25) is 0 Å². The lowest BCUT2D eigenvalue weighted by Crippen LogP contribution is -2.35. The van der Waals surface area contributed by atoms with Gasteiger partial charge in [0.15, 0.2) is 0 Å². The van der Waals surface area contributed by atoms with Gasteiger partial charge in [-0.1, -0.05) is 24.6 Å². The van der Waals surface area contributed by atoms with E-state index in [0.717, 1.165) is 73.2 Å². The number of aryl methyl sites for hydroxylation is 3. The topological polar surface area (TPSA) is 78.8 Å². The van der Waals surface area contributed by atoms with Crippen LogP contribution < -0.4 is 0 Å². The number of benzene rings is 1. The van der Waals surface area contributed by atoms with Gasteiger partial charge in [-0.3, -0.25) is 19.7 Å². The molecule has 0 unspecified atom stereocenters. The van der Waals surface area contributed by atoms with E-state index < -0.39 is 24.2 Å². The maximum Gasteiger partial charge on any atom is 0.353 e. The first-order valence-electron chi connectivity index (χ1n) is 16.0. The molecule has 1 saturated carbocycles. The number of halogens is 2. The highest BCUT2D eigenvalue weighted by molar-refractivity contribution is 5.76. The smallest absolute Gasteiger partial charge is 0.353 e. The molecule has 4 rings (SSSR count). The maximum atomic E-state index is 13.5. The Bertz CT molecular complexity index is 1210. The van der Waals surface area contributed by atoms with Gasteiger partial charge in [-0.05, 0) is 128 Å². The summed E-state index contributed by atoms with van der Waals surface area (Å²) in [6, 6.07) is 5.08. The van der Waals surface area contributed by atoms with Crippen LogP contribution in [0.5, 0.6) is 0 Å². The van der Waals surface area contributed by atoms with E-state index in [4.69, 9.17) is 9.72 Å². The maximum absolute atomic E-state index is 13.5. The molecule has 1 aromatic heterocycles. The predicted molar refractivity (Wildman–Crippen MR) is 165 cm³/mol. The van der Waals surface area contributed by atoms with Gasteiger partial charge in [-0.2, -0.15) is 8.78 Å². The Kier molecular flexibility index (Phi) is 11.6. The lowest BCUT2D eigenvalue weighted by atomic mass is 9.77. The Morgan fingerprint density at radius 3 is 2.47 bits per heavy atom. The zero-order valence-electron chi connectivity index (χ0n) is 26.6. The highest BCUT2D eigenvalue weighted by Crippen LogP contribution is 2.41. The molecule has 9 heteroatoms. The second-order valence-electron chi connectivity index (χ2n) is 12.9. The fourth-order valence-electron chi connectivity index (χ4n) is 7.19. The summed E-state index contributed by atoms with van der Waals surface area (Å²) in [4.78, 5) is 26.9. The van der Waals surface area contributed by atoms with Crippen molar-refractivity contribution in [3.8, 4) is 0 Å². The van der Waals surface area contributed by atoms with Crippen LogP contribution in [-0.2, 0) is 9.53 Å². The number of carbonyl (C=O) groups is 1. The Hall–Kier alpha value is -2.49. The summed E-state index contributed by atoms with van der Waals surface area (Å²) in [6.45, 7) is 10.7. The van der Waals surface area contributed by atoms with Gasteiger partial charge >= 0.3 is 12.1 Å². The number of hydrogen-bond donors (Lipinski definition) is 1. The predicted octanol–water partition coefficient (Wildman–Crippen LogP) is 7.16. The van der Waals surface area contributed by atoms with Crippen molar-refractivity contribution in [3.05, 3.63) is 58.2 Å². The molecule has 0 spiro atoms. The largest absolute Gasteiger partial charge is 0.480 e.